The smallest absolute Gasteiger partial charge is 0.256 e. The monoisotopic (exact) mass is 373 g/mol. The minimum absolute atomic E-state index is 0.112. The molecule has 6 heteroatoms. The molecule has 1 unspecified atom stereocenters. The third-order valence-electron chi connectivity index (χ3n) is 6.72. The van der Waals surface area contributed by atoms with Crippen LogP contribution in [0.4, 0.5) is 4.39 Å². The molecule has 4 rings (SSSR count). The minimum atomic E-state index is -0.456. The maximum absolute atomic E-state index is 13.9. The molecule has 1 aromatic carbocycles. The van der Waals surface area contributed by atoms with Crippen LogP contribution in [0.25, 0.3) is 0 Å². The van der Waals surface area contributed by atoms with Gasteiger partial charge in [0.25, 0.3) is 5.91 Å². The first-order valence-electron chi connectivity index (χ1n) is 9.99. The van der Waals surface area contributed by atoms with Gasteiger partial charge in [-0.1, -0.05) is 12.1 Å². The number of carbonyl (C=O) groups excluding carboxylic acids is 2. The number of nitrogens with zero attached hydrogens (tertiary/aromatic N) is 3. The highest BCUT2D eigenvalue weighted by molar-refractivity contribution is 5.94. The second-order valence-electron chi connectivity index (χ2n) is 8.50. The number of likely N-dealkylation sites (tertiary alicyclic amines) is 3. The predicted octanol–water partition coefficient (Wildman–Crippen LogP) is 2.37. The predicted molar refractivity (Wildman–Crippen MR) is 101 cm³/mol. The summed E-state index contributed by atoms with van der Waals surface area (Å²) in [6, 6.07) is 6.52. The fourth-order valence-electron chi connectivity index (χ4n) is 4.94. The van der Waals surface area contributed by atoms with Crippen LogP contribution in [0.5, 0.6) is 0 Å². The van der Waals surface area contributed by atoms with E-state index < -0.39 is 5.82 Å². The molecule has 0 bridgehead atoms. The average Bonchev–Trinajstić information content (AvgIpc) is 3.11. The van der Waals surface area contributed by atoms with Gasteiger partial charge in [0.2, 0.25) is 5.91 Å². The van der Waals surface area contributed by atoms with Gasteiger partial charge in [-0.2, -0.15) is 0 Å². The second-order valence-corrected chi connectivity index (χ2v) is 8.50. The van der Waals surface area contributed by atoms with Crippen molar-refractivity contribution < 1.29 is 14.0 Å². The van der Waals surface area contributed by atoms with E-state index in [1.165, 1.54) is 6.07 Å². The highest BCUT2D eigenvalue weighted by Gasteiger charge is 2.44. The van der Waals surface area contributed by atoms with Gasteiger partial charge in [0, 0.05) is 38.6 Å². The minimum Gasteiger partial charge on any atom is -0.339 e. The Morgan fingerprint density at radius 2 is 1.89 bits per heavy atom. The number of halogens is 1. The molecular weight excluding hydrogens is 345 g/mol. The van der Waals surface area contributed by atoms with Crippen molar-refractivity contribution in [2.75, 3.05) is 39.8 Å². The van der Waals surface area contributed by atoms with E-state index in [0.29, 0.717) is 25.6 Å². The van der Waals surface area contributed by atoms with E-state index in [9.17, 15) is 14.0 Å². The third kappa shape index (κ3) is 3.59. The van der Waals surface area contributed by atoms with Crippen molar-refractivity contribution in [3.8, 4) is 0 Å². The van der Waals surface area contributed by atoms with Crippen LogP contribution in [0.1, 0.15) is 42.5 Å². The molecule has 0 saturated carbocycles. The molecule has 2 amide bonds. The van der Waals surface area contributed by atoms with Gasteiger partial charge >= 0.3 is 0 Å². The largest absolute Gasteiger partial charge is 0.339 e. The van der Waals surface area contributed by atoms with Crippen LogP contribution in [0.3, 0.4) is 0 Å². The molecule has 3 heterocycles. The van der Waals surface area contributed by atoms with Crippen LogP contribution in [-0.2, 0) is 4.79 Å². The Balaban J connectivity index is 1.41. The van der Waals surface area contributed by atoms with Crippen molar-refractivity contribution in [2.24, 2.45) is 5.41 Å². The van der Waals surface area contributed by atoms with E-state index in [1.54, 1.807) is 23.1 Å². The first-order valence-corrected chi connectivity index (χ1v) is 9.99. The number of hydrogen-bond acceptors (Lipinski definition) is 3. The summed E-state index contributed by atoms with van der Waals surface area (Å²) in [4.78, 5) is 31.4. The Hall–Kier alpha value is -1.95. The lowest BCUT2D eigenvalue weighted by Crippen LogP contribution is -2.55. The van der Waals surface area contributed by atoms with Gasteiger partial charge in [-0.05, 0) is 56.8 Å². The first kappa shape index (κ1) is 18.4. The van der Waals surface area contributed by atoms with Gasteiger partial charge in [0.05, 0.1) is 5.56 Å². The summed E-state index contributed by atoms with van der Waals surface area (Å²) >= 11 is 0. The van der Waals surface area contributed by atoms with Crippen molar-refractivity contribution in [2.45, 2.75) is 38.1 Å². The van der Waals surface area contributed by atoms with E-state index >= 15 is 0 Å². The molecule has 1 spiro atoms. The molecule has 0 N–H and O–H groups in total. The SMILES string of the molecule is CN1CCC(N2CC3(CCC2=O)CCN(C(=O)c2ccccc2F)CC3)C1. The Kier molecular flexibility index (Phi) is 4.93. The Labute approximate surface area is 160 Å². The number of benzene rings is 1. The first-order chi connectivity index (χ1) is 13.0. The van der Waals surface area contributed by atoms with Gasteiger partial charge in [-0.25, -0.2) is 4.39 Å². The number of carbonyl (C=O) groups is 2. The number of amides is 2. The van der Waals surface area contributed by atoms with Crippen LogP contribution in [0, 0.1) is 11.2 Å². The fourth-order valence-corrected chi connectivity index (χ4v) is 4.94. The molecule has 0 aliphatic carbocycles. The number of likely N-dealkylation sites (N-methyl/N-ethyl adjacent to an activating group) is 1. The highest BCUT2D eigenvalue weighted by atomic mass is 19.1. The Bertz CT molecular complexity index is 730. The zero-order valence-electron chi connectivity index (χ0n) is 16.0. The lowest BCUT2D eigenvalue weighted by Gasteiger charge is -2.49. The fraction of sp³-hybridized carbons (Fsp3) is 0.619. The van der Waals surface area contributed by atoms with Crippen molar-refractivity contribution in [3.63, 3.8) is 0 Å². The van der Waals surface area contributed by atoms with Crippen molar-refractivity contribution in [1.29, 1.82) is 0 Å². The van der Waals surface area contributed by atoms with E-state index in [0.717, 1.165) is 45.3 Å². The average molecular weight is 373 g/mol. The van der Waals surface area contributed by atoms with Gasteiger partial charge in [-0.15, -0.1) is 0 Å². The lowest BCUT2D eigenvalue weighted by molar-refractivity contribution is -0.141. The summed E-state index contributed by atoms with van der Waals surface area (Å²) in [6.45, 7) is 4.09. The van der Waals surface area contributed by atoms with Gasteiger partial charge in [-0.3, -0.25) is 9.59 Å². The van der Waals surface area contributed by atoms with Gasteiger partial charge in [0.1, 0.15) is 5.82 Å². The molecule has 27 heavy (non-hydrogen) atoms. The summed E-state index contributed by atoms with van der Waals surface area (Å²) in [6.07, 6.45) is 4.35. The quantitative estimate of drug-likeness (QED) is 0.800. The molecule has 1 aromatic rings. The molecule has 3 aliphatic heterocycles. The van der Waals surface area contributed by atoms with Crippen LogP contribution in [0.2, 0.25) is 0 Å². The van der Waals surface area contributed by atoms with Crippen molar-refractivity contribution in [3.05, 3.63) is 35.6 Å². The highest BCUT2D eigenvalue weighted by Crippen LogP contribution is 2.41. The zero-order valence-corrected chi connectivity index (χ0v) is 16.0. The van der Waals surface area contributed by atoms with Crippen LogP contribution >= 0.6 is 0 Å². The number of piperidine rings is 2. The summed E-state index contributed by atoms with van der Waals surface area (Å²) in [5.41, 5.74) is 0.268. The van der Waals surface area contributed by atoms with E-state index in [-0.39, 0.29) is 22.8 Å². The second kappa shape index (κ2) is 7.23. The molecule has 0 radical (unpaired) electrons. The Morgan fingerprint density at radius 3 is 2.56 bits per heavy atom. The van der Waals surface area contributed by atoms with E-state index in [2.05, 4.69) is 16.8 Å². The van der Waals surface area contributed by atoms with E-state index in [1.807, 2.05) is 0 Å². The van der Waals surface area contributed by atoms with Gasteiger partial charge in [0.15, 0.2) is 0 Å². The molecule has 5 nitrogen and oxygen atoms in total. The van der Waals surface area contributed by atoms with Crippen LogP contribution < -0.4 is 0 Å². The standard InChI is InChI=1S/C21H28FN3O2/c1-23-11-7-16(14-23)25-15-21(8-6-19(25)26)9-12-24(13-10-21)20(27)17-4-2-3-5-18(17)22/h2-5,16H,6-15H2,1H3. The normalized spacial score (nSPS) is 26.0. The molecule has 1 atom stereocenters. The van der Waals surface area contributed by atoms with Crippen molar-refractivity contribution >= 4 is 11.8 Å². The summed E-state index contributed by atoms with van der Waals surface area (Å²) in [5.74, 6) is -0.391. The van der Waals surface area contributed by atoms with Crippen LogP contribution in [0.15, 0.2) is 24.3 Å². The molecule has 3 aliphatic rings. The third-order valence-corrected chi connectivity index (χ3v) is 6.72. The maximum Gasteiger partial charge on any atom is 0.256 e. The molecule has 146 valence electrons. The number of hydrogen-bond donors (Lipinski definition) is 0. The molecule has 0 aromatic heterocycles. The topological polar surface area (TPSA) is 43.9 Å². The zero-order chi connectivity index (χ0) is 19.0. The summed E-state index contributed by atoms with van der Waals surface area (Å²) in [5, 5.41) is 0. The Morgan fingerprint density at radius 1 is 1.15 bits per heavy atom. The maximum atomic E-state index is 13.9. The van der Waals surface area contributed by atoms with Gasteiger partial charge < -0.3 is 14.7 Å². The van der Waals surface area contributed by atoms with E-state index in [4.69, 9.17) is 0 Å². The molecule has 3 saturated heterocycles. The lowest BCUT2D eigenvalue weighted by atomic mass is 9.72. The molecule has 3 fully saturated rings. The summed E-state index contributed by atoms with van der Waals surface area (Å²) < 4.78 is 13.9. The molecular formula is C21H28FN3O2. The summed E-state index contributed by atoms with van der Waals surface area (Å²) in [7, 11) is 2.11. The van der Waals surface area contributed by atoms with Crippen LogP contribution in [-0.4, -0.2) is 72.3 Å². The van der Waals surface area contributed by atoms with Crippen molar-refractivity contribution in [1.82, 2.24) is 14.7 Å². The number of rotatable bonds is 2.